The zero-order valence-corrected chi connectivity index (χ0v) is 17.8. The van der Waals surface area contributed by atoms with E-state index in [4.69, 9.17) is 0 Å². The fourth-order valence-corrected chi connectivity index (χ4v) is 5.59. The van der Waals surface area contributed by atoms with Crippen LogP contribution in [-0.2, 0) is 10.0 Å². The van der Waals surface area contributed by atoms with Crippen LogP contribution in [0.2, 0.25) is 0 Å². The van der Waals surface area contributed by atoms with Crippen molar-refractivity contribution in [2.24, 2.45) is 0 Å². The van der Waals surface area contributed by atoms with Crippen LogP contribution in [0.1, 0.15) is 48.5 Å². The minimum atomic E-state index is -3.61. The molecule has 30 heavy (non-hydrogen) atoms. The molecule has 0 aromatic heterocycles. The fourth-order valence-electron chi connectivity index (χ4n) is 3.83. The largest absolute Gasteiger partial charge is 0.322 e. The number of nitrogens with one attached hydrogen (secondary N) is 1. The number of nitro groups is 1. The van der Waals surface area contributed by atoms with Gasteiger partial charge in [-0.05, 0) is 56.5 Å². The van der Waals surface area contributed by atoms with Crippen molar-refractivity contribution < 1.29 is 18.1 Å². The molecule has 1 N–H and O–H groups in total. The van der Waals surface area contributed by atoms with Crippen LogP contribution >= 0.6 is 0 Å². The molecule has 160 valence electrons. The quantitative estimate of drug-likeness (QED) is 0.547. The van der Waals surface area contributed by atoms with Gasteiger partial charge < -0.3 is 5.32 Å². The van der Waals surface area contributed by atoms with Gasteiger partial charge in [-0.3, -0.25) is 14.9 Å². The number of benzene rings is 2. The fraction of sp³-hybridized carbons (Fsp3) is 0.381. The minimum Gasteiger partial charge on any atom is -0.322 e. The number of hydrogen-bond acceptors (Lipinski definition) is 5. The maximum atomic E-state index is 13.0. The van der Waals surface area contributed by atoms with Gasteiger partial charge in [-0.25, -0.2) is 8.42 Å². The number of para-hydroxylation sites is 1. The standard InChI is InChI=1S/C21H25N3O5S/c1-3-17-8-4-5-14-23(17)30(28,29)18-12-10-16(11-13-18)22-21(25)19-9-6-7-15(2)20(19)24(26)27/h6-7,9-13,17H,3-5,8,14H2,1-2H3,(H,22,25). The van der Waals surface area contributed by atoms with Crippen molar-refractivity contribution in [2.45, 2.75) is 50.5 Å². The second-order valence-corrected chi connectivity index (χ2v) is 9.27. The molecular weight excluding hydrogens is 406 g/mol. The molecule has 1 fully saturated rings. The Labute approximate surface area is 176 Å². The number of nitrogens with zero attached hydrogens (tertiary/aromatic N) is 2. The van der Waals surface area contributed by atoms with Crippen molar-refractivity contribution in [3.63, 3.8) is 0 Å². The van der Waals surface area contributed by atoms with Gasteiger partial charge in [0.15, 0.2) is 0 Å². The number of nitro benzene ring substituents is 1. The van der Waals surface area contributed by atoms with Gasteiger partial charge >= 0.3 is 0 Å². The second kappa shape index (κ2) is 8.93. The minimum absolute atomic E-state index is 0.00463. The monoisotopic (exact) mass is 431 g/mol. The molecule has 0 saturated carbocycles. The number of amides is 1. The molecule has 3 rings (SSSR count). The summed E-state index contributed by atoms with van der Waals surface area (Å²) in [6.45, 7) is 4.07. The topological polar surface area (TPSA) is 110 Å². The molecule has 0 spiro atoms. The average Bonchev–Trinajstić information content (AvgIpc) is 2.73. The van der Waals surface area contributed by atoms with E-state index in [1.54, 1.807) is 23.4 Å². The van der Waals surface area contributed by atoms with Crippen LogP contribution < -0.4 is 5.32 Å². The van der Waals surface area contributed by atoms with Gasteiger partial charge in [-0.2, -0.15) is 4.31 Å². The zero-order valence-electron chi connectivity index (χ0n) is 17.0. The summed E-state index contributed by atoms with van der Waals surface area (Å²) in [5, 5.41) is 13.9. The summed E-state index contributed by atoms with van der Waals surface area (Å²) < 4.78 is 27.6. The third kappa shape index (κ3) is 4.36. The van der Waals surface area contributed by atoms with Crippen LogP contribution in [-0.4, -0.2) is 36.1 Å². The summed E-state index contributed by atoms with van der Waals surface area (Å²) in [7, 11) is -3.61. The Morgan fingerprint density at radius 2 is 1.90 bits per heavy atom. The lowest BCUT2D eigenvalue weighted by molar-refractivity contribution is -0.385. The molecule has 1 aliphatic rings. The number of carbonyl (C=O) groups excluding carboxylic acids is 1. The summed E-state index contributed by atoms with van der Waals surface area (Å²) >= 11 is 0. The molecule has 0 radical (unpaired) electrons. The van der Waals surface area contributed by atoms with Crippen molar-refractivity contribution >= 4 is 27.3 Å². The van der Waals surface area contributed by atoms with Gasteiger partial charge in [0.05, 0.1) is 9.82 Å². The SMILES string of the molecule is CCC1CCCCN1S(=O)(=O)c1ccc(NC(=O)c2cccc(C)c2[N+](=O)[O-])cc1. The molecule has 2 aromatic carbocycles. The predicted molar refractivity (Wildman–Crippen MR) is 114 cm³/mol. The molecule has 1 atom stereocenters. The summed E-state index contributed by atoms with van der Waals surface area (Å²) in [5.41, 5.74) is 0.460. The van der Waals surface area contributed by atoms with E-state index in [2.05, 4.69) is 5.32 Å². The van der Waals surface area contributed by atoms with Gasteiger partial charge in [0.1, 0.15) is 5.56 Å². The van der Waals surface area contributed by atoms with Crippen LogP contribution in [0.25, 0.3) is 0 Å². The normalized spacial score (nSPS) is 17.5. The molecule has 8 nitrogen and oxygen atoms in total. The number of hydrogen-bond donors (Lipinski definition) is 1. The molecule has 0 bridgehead atoms. The Morgan fingerprint density at radius 1 is 1.20 bits per heavy atom. The Morgan fingerprint density at radius 3 is 2.53 bits per heavy atom. The Hall–Kier alpha value is -2.78. The average molecular weight is 432 g/mol. The van der Waals surface area contributed by atoms with Crippen molar-refractivity contribution in [1.29, 1.82) is 0 Å². The first-order valence-corrected chi connectivity index (χ1v) is 11.4. The van der Waals surface area contributed by atoms with Gasteiger partial charge in [0.25, 0.3) is 11.6 Å². The van der Waals surface area contributed by atoms with Gasteiger partial charge in [0.2, 0.25) is 10.0 Å². The second-order valence-electron chi connectivity index (χ2n) is 7.38. The van der Waals surface area contributed by atoms with Gasteiger partial charge in [-0.15, -0.1) is 0 Å². The van der Waals surface area contributed by atoms with E-state index in [1.807, 2.05) is 6.92 Å². The van der Waals surface area contributed by atoms with Crippen molar-refractivity contribution in [3.8, 4) is 0 Å². The maximum absolute atomic E-state index is 13.0. The van der Waals surface area contributed by atoms with Gasteiger partial charge in [-0.1, -0.05) is 25.5 Å². The Kier molecular flexibility index (Phi) is 6.52. The van der Waals surface area contributed by atoms with E-state index in [-0.39, 0.29) is 22.2 Å². The lowest BCUT2D eigenvalue weighted by Crippen LogP contribution is -2.43. The number of piperidine rings is 1. The lowest BCUT2D eigenvalue weighted by atomic mass is 10.0. The molecular formula is C21H25N3O5S. The number of sulfonamides is 1. The van der Waals surface area contributed by atoms with Crippen molar-refractivity contribution in [3.05, 3.63) is 63.7 Å². The molecule has 1 aliphatic heterocycles. The van der Waals surface area contributed by atoms with Gasteiger partial charge in [0, 0.05) is 23.8 Å². The lowest BCUT2D eigenvalue weighted by Gasteiger charge is -2.34. The molecule has 1 unspecified atom stereocenters. The summed E-state index contributed by atoms with van der Waals surface area (Å²) in [4.78, 5) is 23.5. The highest BCUT2D eigenvalue weighted by Crippen LogP contribution is 2.28. The number of rotatable bonds is 6. The van der Waals surface area contributed by atoms with E-state index < -0.39 is 20.9 Å². The third-order valence-corrected chi connectivity index (χ3v) is 7.39. The molecule has 1 saturated heterocycles. The highest BCUT2D eigenvalue weighted by atomic mass is 32.2. The number of carbonyl (C=O) groups is 1. The van der Waals surface area contributed by atoms with E-state index in [0.717, 1.165) is 25.7 Å². The van der Waals surface area contributed by atoms with E-state index in [0.29, 0.717) is 17.8 Å². The van der Waals surface area contributed by atoms with Crippen molar-refractivity contribution in [1.82, 2.24) is 4.31 Å². The molecule has 1 heterocycles. The van der Waals surface area contributed by atoms with E-state index in [1.165, 1.54) is 30.3 Å². The van der Waals surface area contributed by atoms with E-state index in [9.17, 15) is 23.3 Å². The number of anilines is 1. The van der Waals surface area contributed by atoms with Crippen LogP contribution in [0.15, 0.2) is 47.4 Å². The maximum Gasteiger partial charge on any atom is 0.285 e. The zero-order chi connectivity index (χ0) is 21.9. The molecule has 2 aromatic rings. The summed E-state index contributed by atoms with van der Waals surface area (Å²) in [5.74, 6) is -0.622. The Bertz CT molecular complexity index is 1050. The molecule has 0 aliphatic carbocycles. The van der Waals surface area contributed by atoms with Crippen LogP contribution in [0.3, 0.4) is 0 Å². The van der Waals surface area contributed by atoms with Crippen molar-refractivity contribution in [2.75, 3.05) is 11.9 Å². The first kappa shape index (κ1) is 21.9. The summed E-state index contributed by atoms with van der Waals surface area (Å²) in [6, 6.07) is 10.4. The van der Waals surface area contributed by atoms with Crippen LogP contribution in [0.4, 0.5) is 11.4 Å². The summed E-state index contributed by atoms with van der Waals surface area (Å²) in [6.07, 6.45) is 3.50. The first-order valence-electron chi connectivity index (χ1n) is 9.93. The van der Waals surface area contributed by atoms with Crippen LogP contribution in [0, 0.1) is 17.0 Å². The van der Waals surface area contributed by atoms with Crippen LogP contribution in [0.5, 0.6) is 0 Å². The Balaban J connectivity index is 1.81. The number of aryl methyl sites for hydroxylation is 1. The predicted octanol–water partition coefficient (Wildman–Crippen LogP) is 4.11. The molecule has 9 heteroatoms. The molecule has 1 amide bonds. The smallest absolute Gasteiger partial charge is 0.285 e. The highest BCUT2D eigenvalue weighted by Gasteiger charge is 2.32. The van der Waals surface area contributed by atoms with E-state index >= 15 is 0 Å². The first-order chi connectivity index (χ1) is 14.3. The highest BCUT2D eigenvalue weighted by molar-refractivity contribution is 7.89. The third-order valence-electron chi connectivity index (χ3n) is 5.43.